The molecule has 2 aromatic carbocycles. The molecular formula is C23H24N4O4S2. The van der Waals surface area contributed by atoms with Crippen LogP contribution in [0.25, 0.3) is 15.3 Å². The zero-order valence-corrected chi connectivity index (χ0v) is 20.4. The van der Waals surface area contributed by atoms with Crippen molar-refractivity contribution in [3.8, 4) is 10.9 Å². The van der Waals surface area contributed by atoms with E-state index in [1.165, 1.54) is 30.6 Å². The largest absolute Gasteiger partial charge is 0.497 e. The molecule has 0 unspecified atom stereocenters. The molecule has 1 amide bonds. The summed E-state index contributed by atoms with van der Waals surface area (Å²) in [6.45, 7) is 5.87. The number of carbonyl (C=O) groups excluding carboxylic acids is 1. The first-order valence-corrected chi connectivity index (χ1v) is 12.7. The number of thiazole rings is 1. The Morgan fingerprint density at radius 3 is 2.55 bits per heavy atom. The molecule has 0 radical (unpaired) electrons. The highest BCUT2D eigenvalue weighted by molar-refractivity contribution is 7.91. The van der Waals surface area contributed by atoms with Gasteiger partial charge in [0.05, 0.1) is 33.7 Å². The van der Waals surface area contributed by atoms with Gasteiger partial charge < -0.3 is 10.1 Å². The number of rotatable bonds is 7. The molecule has 2 heterocycles. The number of amides is 1. The minimum atomic E-state index is -3.60. The summed E-state index contributed by atoms with van der Waals surface area (Å²) < 4.78 is 32.9. The lowest BCUT2D eigenvalue weighted by Gasteiger charge is -2.08. The molecular weight excluding hydrogens is 460 g/mol. The molecule has 10 heteroatoms. The number of benzene rings is 2. The molecule has 172 valence electrons. The molecule has 0 atom stereocenters. The van der Waals surface area contributed by atoms with Crippen molar-refractivity contribution in [3.63, 3.8) is 0 Å². The maximum absolute atomic E-state index is 12.6. The number of aryl methyl sites for hydroxylation is 3. The molecule has 0 saturated carbocycles. The smallest absolute Gasteiger partial charge is 0.226 e. The SMILES string of the molecule is COc1ccc(S(=O)(=O)CCC(=O)Nc2cc(C)nn2-c2nc3c(C)cc(C)cc3s2)cc1. The summed E-state index contributed by atoms with van der Waals surface area (Å²) >= 11 is 1.48. The number of fused-ring (bicyclic) bond motifs is 1. The summed E-state index contributed by atoms with van der Waals surface area (Å²) in [6, 6.07) is 12.0. The highest BCUT2D eigenvalue weighted by atomic mass is 32.2. The van der Waals surface area contributed by atoms with Crippen molar-refractivity contribution in [2.45, 2.75) is 32.1 Å². The number of hydrogen-bond acceptors (Lipinski definition) is 7. The van der Waals surface area contributed by atoms with Crippen LogP contribution in [-0.4, -0.2) is 42.0 Å². The van der Waals surface area contributed by atoms with Gasteiger partial charge in [-0.05, 0) is 62.2 Å². The third kappa shape index (κ3) is 4.91. The molecule has 0 fully saturated rings. The lowest BCUT2D eigenvalue weighted by Crippen LogP contribution is -2.19. The van der Waals surface area contributed by atoms with E-state index in [1.807, 2.05) is 20.8 Å². The normalized spacial score (nSPS) is 11.6. The summed E-state index contributed by atoms with van der Waals surface area (Å²) in [6.07, 6.45) is -0.184. The van der Waals surface area contributed by atoms with Crippen molar-refractivity contribution in [1.29, 1.82) is 0 Å². The monoisotopic (exact) mass is 484 g/mol. The van der Waals surface area contributed by atoms with Crippen molar-refractivity contribution >= 4 is 43.1 Å². The minimum Gasteiger partial charge on any atom is -0.497 e. The van der Waals surface area contributed by atoms with E-state index in [1.54, 1.807) is 22.9 Å². The Balaban J connectivity index is 1.51. The molecule has 0 saturated heterocycles. The Morgan fingerprint density at radius 1 is 1.12 bits per heavy atom. The second kappa shape index (κ2) is 8.95. The number of anilines is 1. The average Bonchev–Trinajstić information content (AvgIpc) is 3.35. The van der Waals surface area contributed by atoms with Crippen molar-refractivity contribution in [2.75, 3.05) is 18.2 Å². The summed E-state index contributed by atoms with van der Waals surface area (Å²) in [4.78, 5) is 17.5. The predicted molar refractivity (Wildman–Crippen MR) is 129 cm³/mol. The molecule has 0 aliphatic rings. The fraction of sp³-hybridized carbons (Fsp3) is 0.261. The van der Waals surface area contributed by atoms with Crippen molar-refractivity contribution in [3.05, 3.63) is 59.3 Å². The van der Waals surface area contributed by atoms with Crippen molar-refractivity contribution < 1.29 is 17.9 Å². The highest BCUT2D eigenvalue weighted by Crippen LogP contribution is 2.30. The van der Waals surface area contributed by atoms with Gasteiger partial charge in [-0.2, -0.15) is 9.78 Å². The van der Waals surface area contributed by atoms with Crippen LogP contribution in [-0.2, 0) is 14.6 Å². The summed E-state index contributed by atoms with van der Waals surface area (Å²) in [7, 11) is -2.09. The topological polar surface area (TPSA) is 103 Å². The summed E-state index contributed by atoms with van der Waals surface area (Å²) in [5.74, 6) is 0.294. The number of sulfone groups is 1. The minimum absolute atomic E-state index is 0.150. The van der Waals surface area contributed by atoms with Crippen LogP contribution < -0.4 is 10.1 Å². The van der Waals surface area contributed by atoms with Crippen LogP contribution in [0.5, 0.6) is 5.75 Å². The first-order chi connectivity index (χ1) is 15.7. The average molecular weight is 485 g/mol. The predicted octanol–water partition coefficient (Wildman–Crippen LogP) is 4.22. The number of hydrogen-bond donors (Lipinski definition) is 1. The van der Waals surface area contributed by atoms with Crippen molar-refractivity contribution in [1.82, 2.24) is 14.8 Å². The van der Waals surface area contributed by atoms with Gasteiger partial charge in [0, 0.05) is 12.5 Å². The lowest BCUT2D eigenvalue weighted by atomic mass is 10.1. The van der Waals surface area contributed by atoms with Gasteiger partial charge in [-0.1, -0.05) is 17.4 Å². The second-order valence-electron chi connectivity index (χ2n) is 7.80. The molecule has 0 aliphatic heterocycles. The summed E-state index contributed by atoms with van der Waals surface area (Å²) in [5, 5.41) is 7.89. The van der Waals surface area contributed by atoms with E-state index in [0.29, 0.717) is 22.4 Å². The van der Waals surface area contributed by atoms with Gasteiger partial charge in [-0.25, -0.2) is 13.4 Å². The Kier molecular flexibility index (Phi) is 6.22. The first kappa shape index (κ1) is 22.9. The van der Waals surface area contributed by atoms with E-state index in [4.69, 9.17) is 9.72 Å². The molecule has 33 heavy (non-hydrogen) atoms. The van der Waals surface area contributed by atoms with Crippen LogP contribution in [0.1, 0.15) is 23.2 Å². The molecule has 2 aromatic heterocycles. The first-order valence-electron chi connectivity index (χ1n) is 10.3. The van der Waals surface area contributed by atoms with Gasteiger partial charge in [0.25, 0.3) is 0 Å². The number of nitrogens with one attached hydrogen (secondary N) is 1. The van der Waals surface area contributed by atoms with Crippen LogP contribution in [0.15, 0.2) is 47.4 Å². The van der Waals surface area contributed by atoms with Gasteiger partial charge in [-0.3, -0.25) is 4.79 Å². The number of ether oxygens (including phenoxy) is 1. The summed E-state index contributed by atoms with van der Waals surface area (Å²) in [5.41, 5.74) is 3.84. The molecule has 0 bridgehead atoms. The van der Waals surface area contributed by atoms with Crippen LogP contribution in [0.4, 0.5) is 5.82 Å². The van der Waals surface area contributed by atoms with Gasteiger partial charge in [0.1, 0.15) is 11.6 Å². The van der Waals surface area contributed by atoms with Crippen LogP contribution in [0.3, 0.4) is 0 Å². The van der Waals surface area contributed by atoms with E-state index in [0.717, 1.165) is 21.3 Å². The number of carbonyl (C=O) groups is 1. The third-order valence-corrected chi connectivity index (χ3v) is 7.83. The Bertz CT molecular complexity index is 1440. The molecule has 0 aliphatic carbocycles. The standard InChI is InChI=1S/C23H24N4O4S2/c1-14-11-15(2)22-19(12-14)32-23(25-22)27-20(13-16(3)26-27)24-21(28)9-10-33(29,30)18-7-5-17(31-4)6-8-18/h5-8,11-13H,9-10H2,1-4H3,(H,24,28). The quantitative estimate of drug-likeness (QED) is 0.421. The van der Waals surface area contributed by atoms with E-state index in [9.17, 15) is 13.2 Å². The van der Waals surface area contributed by atoms with Gasteiger partial charge in [0.2, 0.25) is 11.0 Å². The third-order valence-electron chi connectivity index (χ3n) is 5.12. The lowest BCUT2D eigenvalue weighted by molar-refractivity contribution is -0.115. The second-order valence-corrected chi connectivity index (χ2v) is 10.9. The highest BCUT2D eigenvalue weighted by Gasteiger charge is 2.19. The van der Waals surface area contributed by atoms with E-state index in [2.05, 4.69) is 22.5 Å². The Morgan fingerprint density at radius 2 is 1.85 bits per heavy atom. The van der Waals surface area contributed by atoms with E-state index in [-0.39, 0.29) is 17.1 Å². The van der Waals surface area contributed by atoms with Crippen molar-refractivity contribution in [2.24, 2.45) is 0 Å². The zero-order chi connectivity index (χ0) is 23.8. The fourth-order valence-corrected chi connectivity index (χ4v) is 5.87. The number of methoxy groups -OCH3 is 1. The van der Waals surface area contributed by atoms with Crippen LogP contribution >= 0.6 is 11.3 Å². The number of nitrogens with zero attached hydrogens (tertiary/aromatic N) is 3. The molecule has 8 nitrogen and oxygen atoms in total. The van der Waals surface area contributed by atoms with E-state index < -0.39 is 15.7 Å². The maximum Gasteiger partial charge on any atom is 0.226 e. The van der Waals surface area contributed by atoms with Gasteiger partial charge >= 0.3 is 0 Å². The van der Waals surface area contributed by atoms with Crippen LogP contribution in [0, 0.1) is 20.8 Å². The maximum atomic E-state index is 12.6. The fourth-order valence-electron chi connectivity index (χ4n) is 3.52. The van der Waals surface area contributed by atoms with Crippen LogP contribution in [0.2, 0.25) is 0 Å². The van der Waals surface area contributed by atoms with Gasteiger partial charge in [-0.15, -0.1) is 0 Å². The molecule has 1 N–H and O–H groups in total. The van der Waals surface area contributed by atoms with E-state index >= 15 is 0 Å². The number of aromatic nitrogens is 3. The molecule has 0 spiro atoms. The zero-order valence-electron chi connectivity index (χ0n) is 18.7. The molecule has 4 aromatic rings. The molecule has 4 rings (SSSR count). The Labute approximate surface area is 196 Å². The Hall–Kier alpha value is -3.24. The van der Waals surface area contributed by atoms with Gasteiger partial charge in [0.15, 0.2) is 9.84 Å².